The first-order valence-corrected chi connectivity index (χ1v) is 20.7. The van der Waals surface area contributed by atoms with Crippen molar-refractivity contribution >= 4 is 43.6 Å². The molecular formula is C54H30F6N6. The summed E-state index contributed by atoms with van der Waals surface area (Å²) in [4.78, 5) is 14.8. The molecule has 0 fully saturated rings. The third-order valence-electron chi connectivity index (χ3n) is 11.9. The Morgan fingerprint density at radius 3 is 1.35 bits per heavy atom. The molecule has 3 heterocycles. The van der Waals surface area contributed by atoms with Gasteiger partial charge in [0.05, 0.1) is 56.2 Å². The number of hydrogen-bond acceptors (Lipinski definition) is 4. The molecule has 66 heavy (non-hydrogen) atoms. The van der Waals surface area contributed by atoms with Crippen LogP contribution >= 0.6 is 0 Å². The summed E-state index contributed by atoms with van der Waals surface area (Å²) >= 11 is 0. The highest BCUT2D eigenvalue weighted by molar-refractivity contribution is 6.12. The van der Waals surface area contributed by atoms with Crippen LogP contribution in [0.3, 0.4) is 0 Å². The molecular weight excluding hydrogens is 847 g/mol. The van der Waals surface area contributed by atoms with Gasteiger partial charge in [-0.15, -0.1) is 0 Å². The molecule has 0 spiro atoms. The third kappa shape index (κ3) is 6.71. The fraction of sp³-hybridized carbons (Fsp3) is 0.0370. The van der Waals surface area contributed by atoms with Crippen LogP contribution < -0.4 is 0 Å². The Labute approximate surface area is 371 Å². The van der Waals surface area contributed by atoms with Crippen LogP contribution in [0.5, 0.6) is 0 Å². The maximum Gasteiger partial charge on any atom is 0.416 e. The topological polar surface area (TPSA) is 72.3 Å². The minimum Gasteiger partial charge on any atom is -0.309 e. The van der Waals surface area contributed by atoms with Crippen molar-refractivity contribution in [3.63, 3.8) is 0 Å². The lowest BCUT2D eigenvalue weighted by atomic mass is 9.94. The highest BCUT2D eigenvalue weighted by Crippen LogP contribution is 2.45. The zero-order valence-electron chi connectivity index (χ0n) is 34.3. The number of aromatic nitrogens is 5. The maximum atomic E-state index is 14.3. The van der Waals surface area contributed by atoms with Gasteiger partial charge in [-0.05, 0) is 78.9 Å². The molecule has 6 nitrogen and oxygen atoms in total. The molecule has 0 aliphatic carbocycles. The minimum atomic E-state index is -4.60. The number of hydrogen-bond donors (Lipinski definition) is 0. The maximum absolute atomic E-state index is 14.3. The molecule has 0 bridgehead atoms. The van der Waals surface area contributed by atoms with Gasteiger partial charge in [0.25, 0.3) is 0 Å². The first-order chi connectivity index (χ1) is 32.0. The summed E-state index contributed by atoms with van der Waals surface area (Å²) in [5, 5.41) is 12.9. The van der Waals surface area contributed by atoms with Gasteiger partial charge >= 0.3 is 12.4 Å². The predicted molar refractivity (Wildman–Crippen MR) is 245 cm³/mol. The molecule has 11 rings (SSSR count). The SMILES string of the molecule is N#Cc1cccc(-n2c3ccccc3c3cc(C(F)(F)F)ccc32)c1-c1cc(-c2nc(-c3ccccc3)nc(-c3ccccc3)n2)ccc1-n1c2ccccc2c2cc(C(F)(F)F)ccc21. The minimum absolute atomic E-state index is 0.231. The van der Waals surface area contributed by atoms with E-state index < -0.39 is 23.5 Å². The summed E-state index contributed by atoms with van der Waals surface area (Å²) in [6, 6.07) is 53.5. The van der Waals surface area contributed by atoms with E-state index in [0.717, 1.165) is 35.4 Å². The number of rotatable bonds is 6. The van der Waals surface area contributed by atoms with Crippen molar-refractivity contribution in [3.8, 4) is 62.7 Å². The number of nitrogens with zero attached hydrogens (tertiary/aromatic N) is 6. The molecule has 3 aromatic heterocycles. The number of fused-ring (bicyclic) bond motifs is 6. The van der Waals surface area contributed by atoms with Crippen LogP contribution in [0, 0.1) is 11.3 Å². The molecule has 0 amide bonds. The van der Waals surface area contributed by atoms with Crippen LogP contribution in [-0.4, -0.2) is 24.1 Å². The Balaban J connectivity index is 1.25. The monoisotopic (exact) mass is 876 g/mol. The molecule has 0 saturated carbocycles. The fourth-order valence-electron chi connectivity index (χ4n) is 8.93. The Kier molecular flexibility index (Phi) is 9.33. The molecule has 0 saturated heterocycles. The molecule has 0 N–H and O–H groups in total. The van der Waals surface area contributed by atoms with Crippen LogP contribution in [0.15, 0.2) is 182 Å². The van der Waals surface area contributed by atoms with Gasteiger partial charge in [-0.1, -0.05) is 103 Å². The lowest BCUT2D eigenvalue weighted by Gasteiger charge is -2.21. The normalized spacial score (nSPS) is 12.1. The second-order valence-electron chi connectivity index (χ2n) is 15.7. The Morgan fingerprint density at radius 2 is 0.848 bits per heavy atom. The summed E-state index contributed by atoms with van der Waals surface area (Å²) in [5.74, 6) is 1.13. The van der Waals surface area contributed by atoms with Crippen LogP contribution in [0.1, 0.15) is 16.7 Å². The van der Waals surface area contributed by atoms with Crippen molar-refractivity contribution < 1.29 is 26.3 Å². The van der Waals surface area contributed by atoms with Gasteiger partial charge in [-0.25, -0.2) is 15.0 Å². The van der Waals surface area contributed by atoms with Gasteiger partial charge in [0.15, 0.2) is 17.5 Å². The molecule has 0 radical (unpaired) electrons. The number of nitriles is 1. The standard InChI is InChI=1S/C54H30F6N6/c55-53(56,57)36-23-26-45-40(29-36)38-17-7-9-19-43(38)65(45)47-25-22-34(52-63-50(32-12-3-1-4-13-32)62-51(64-52)33-14-5-2-6-15-33)28-42(47)49-35(31-61)16-11-21-48(49)66-44-20-10-8-18-39(44)41-30-37(54(58,59)60)24-27-46(41)66/h1-30H. The Morgan fingerprint density at radius 1 is 0.394 bits per heavy atom. The quantitative estimate of drug-likeness (QED) is 0.156. The number of alkyl halides is 6. The van der Waals surface area contributed by atoms with E-state index in [1.165, 1.54) is 12.1 Å². The number of para-hydroxylation sites is 2. The molecule has 12 heteroatoms. The van der Waals surface area contributed by atoms with E-state index in [0.29, 0.717) is 89.2 Å². The second-order valence-corrected chi connectivity index (χ2v) is 15.7. The molecule has 318 valence electrons. The highest BCUT2D eigenvalue weighted by Gasteiger charge is 2.33. The van der Waals surface area contributed by atoms with Gasteiger partial charge in [0.1, 0.15) is 0 Å². The van der Waals surface area contributed by atoms with Crippen LogP contribution in [0.4, 0.5) is 26.3 Å². The zero-order valence-corrected chi connectivity index (χ0v) is 34.3. The van der Waals surface area contributed by atoms with E-state index in [1.54, 1.807) is 48.5 Å². The lowest BCUT2D eigenvalue weighted by molar-refractivity contribution is -0.138. The number of benzene rings is 8. The van der Waals surface area contributed by atoms with E-state index in [1.807, 2.05) is 106 Å². The van der Waals surface area contributed by atoms with Crippen LogP contribution in [-0.2, 0) is 12.4 Å². The summed E-state index contributed by atoms with van der Waals surface area (Å²) in [5.41, 5.74) is 4.66. The molecule has 8 aromatic carbocycles. The van der Waals surface area contributed by atoms with E-state index in [4.69, 9.17) is 15.0 Å². The van der Waals surface area contributed by atoms with Crippen molar-refractivity contribution in [2.45, 2.75) is 12.4 Å². The van der Waals surface area contributed by atoms with Crippen LogP contribution in [0.25, 0.3) is 100 Å². The smallest absolute Gasteiger partial charge is 0.309 e. The average molecular weight is 877 g/mol. The summed E-state index contributed by atoms with van der Waals surface area (Å²) < 4.78 is 89.2. The van der Waals surface area contributed by atoms with Crippen molar-refractivity contribution in [2.24, 2.45) is 0 Å². The largest absolute Gasteiger partial charge is 0.416 e. The molecule has 11 aromatic rings. The van der Waals surface area contributed by atoms with E-state index in [9.17, 15) is 31.6 Å². The summed E-state index contributed by atoms with van der Waals surface area (Å²) in [6.07, 6.45) is -9.20. The predicted octanol–water partition coefficient (Wildman–Crippen LogP) is 14.6. The highest BCUT2D eigenvalue weighted by atomic mass is 19.4. The molecule has 0 unspecified atom stereocenters. The zero-order chi connectivity index (χ0) is 45.3. The van der Waals surface area contributed by atoms with E-state index in [-0.39, 0.29) is 5.56 Å². The third-order valence-corrected chi connectivity index (χ3v) is 11.9. The first-order valence-electron chi connectivity index (χ1n) is 20.7. The fourth-order valence-corrected chi connectivity index (χ4v) is 8.93. The van der Waals surface area contributed by atoms with Crippen LogP contribution in [0.2, 0.25) is 0 Å². The summed E-state index contributed by atoms with van der Waals surface area (Å²) in [6.45, 7) is 0. The molecule has 0 aliphatic rings. The van der Waals surface area contributed by atoms with Gasteiger partial charge in [0.2, 0.25) is 0 Å². The van der Waals surface area contributed by atoms with Gasteiger partial charge < -0.3 is 9.13 Å². The van der Waals surface area contributed by atoms with Crippen molar-refractivity contribution in [2.75, 3.05) is 0 Å². The van der Waals surface area contributed by atoms with Crippen molar-refractivity contribution in [1.82, 2.24) is 24.1 Å². The Hall–Kier alpha value is -8.56. The van der Waals surface area contributed by atoms with E-state index >= 15 is 0 Å². The van der Waals surface area contributed by atoms with Gasteiger partial charge in [-0.2, -0.15) is 31.6 Å². The molecule has 0 aliphatic heterocycles. The second kappa shape index (κ2) is 15.3. The van der Waals surface area contributed by atoms with Crippen molar-refractivity contribution in [3.05, 3.63) is 199 Å². The van der Waals surface area contributed by atoms with Gasteiger partial charge in [0, 0.05) is 49.4 Å². The lowest BCUT2D eigenvalue weighted by Crippen LogP contribution is -2.06. The van der Waals surface area contributed by atoms with Gasteiger partial charge in [-0.3, -0.25) is 0 Å². The molecule has 0 atom stereocenters. The Bertz CT molecular complexity index is 3690. The average Bonchev–Trinajstić information content (AvgIpc) is 3.85. The number of halogens is 6. The van der Waals surface area contributed by atoms with E-state index in [2.05, 4.69) is 6.07 Å². The first kappa shape index (κ1) is 40.2. The summed E-state index contributed by atoms with van der Waals surface area (Å²) in [7, 11) is 0. The van der Waals surface area contributed by atoms with Crippen molar-refractivity contribution in [1.29, 1.82) is 5.26 Å².